The summed E-state index contributed by atoms with van der Waals surface area (Å²) in [5, 5.41) is 3.00. The topological polar surface area (TPSA) is 90.8 Å². The minimum atomic E-state index is -0.487. The molecule has 26 heavy (non-hydrogen) atoms. The number of imidazole rings is 2. The molecule has 8 nitrogen and oxygen atoms in total. The van der Waals surface area contributed by atoms with Gasteiger partial charge in [0.2, 0.25) is 5.76 Å². The van der Waals surface area contributed by atoms with Crippen LogP contribution in [0.2, 0.25) is 0 Å². The highest BCUT2D eigenvalue weighted by molar-refractivity contribution is 5.92. The van der Waals surface area contributed by atoms with Gasteiger partial charge in [0.05, 0.1) is 5.69 Å². The monoisotopic (exact) mass is 354 g/mol. The van der Waals surface area contributed by atoms with Gasteiger partial charge in [-0.3, -0.25) is 4.79 Å². The zero-order valence-electron chi connectivity index (χ0n) is 15.1. The maximum absolute atomic E-state index is 12.9. The molecule has 4 rings (SSSR count). The quantitative estimate of drug-likeness (QED) is 0.730. The van der Waals surface area contributed by atoms with E-state index in [9.17, 15) is 4.79 Å². The summed E-state index contributed by atoms with van der Waals surface area (Å²) in [6.45, 7) is 1.80. The van der Waals surface area contributed by atoms with Gasteiger partial charge in [0.1, 0.15) is 17.7 Å². The molecule has 3 aromatic rings. The fourth-order valence-electron chi connectivity index (χ4n) is 3.07. The summed E-state index contributed by atoms with van der Waals surface area (Å²) in [5.41, 5.74) is 0.608. The number of hydrogen-bond donors (Lipinski definition) is 1. The van der Waals surface area contributed by atoms with Crippen molar-refractivity contribution in [3.05, 3.63) is 53.8 Å². The lowest BCUT2D eigenvalue weighted by Crippen LogP contribution is -2.33. The van der Waals surface area contributed by atoms with Gasteiger partial charge in [0.25, 0.3) is 5.91 Å². The summed E-state index contributed by atoms with van der Waals surface area (Å²) < 4.78 is 9.48. The number of oxazole rings is 1. The Morgan fingerprint density at radius 3 is 2.35 bits per heavy atom. The second-order valence-electron chi connectivity index (χ2n) is 6.87. The average Bonchev–Trinajstić information content (AvgIpc) is 2.97. The lowest BCUT2D eigenvalue weighted by molar-refractivity contribution is 0.0908. The van der Waals surface area contributed by atoms with Crippen LogP contribution in [0.3, 0.4) is 0 Å². The molecule has 1 N–H and O–H groups in total. The third-order valence-corrected chi connectivity index (χ3v) is 4.72. The number of nitrogens with one attached hydrogen (secondary N) is 1. The highest BCUT2D eigenvalue weighted by Crippen LogP contribution is 2.32. The van der Waals surface area contributed by atoms with E-state index in [0.717, 1.165) is 6.42 Å². The van der Waals surface area contributed by atoms with Crippen LogP contribution in [0.25, 0.3) is 0 Å². The predicted octanol–water partition coefficient (Wildman–Crippen LogP) is 1.92. The van der Waals surface area contributed by atoms with Crippen LogP contribution < -0.4 is 5.32 Å². The average molecular weight is 354 g/mol. The van der Waals surface area contributed by atoms with Crippen molar-refractivity contribution >= 4 is 5.91 Å². The number of carbonyl (C=O) groups is 1. The fraction of sp³-hybridized carbons (Fsp3) is 0.444. The van der Waals surface area contributed by atoms with Crippen LogP contribution >= 0.6 is 0 Å². The number of hydrogen-bond acceptors (Lipinski definition) is 5. The summed E-state index contributed by atoms with van der Waals surface area (Å²) in [7, 11) is 3.77. The largest absolute Gasteiger partial charge is 0.435 e. The summed E-state index contributed by atoms with van der Waals surface area (Å²) in [5.74, 6) is 2.63. The molecule has 1 aliphatic carbocycles. The van der Waals surface area contributed by atoms with Crippen molar-refractivity contribution in [2.24, 2.45) is 20.0 Å². The Labute approximate surface area is 151 Å². The van der Waals surface area contributed by atoms with E-state index < -0.39 is 6.04 Å². The predicted molar refractivity (Wildman–Crippen MR) is 93.4 cm³/mol. The molecule has 1 aliphatic rings. The second-order valence-corrected chi connectivity index (χ2v) is 6.87. The van der Waals surface area contributed by atoms with E-state index in [2.05, 4.69) is 20.3 Å². The van der Waals surface area contributed by atoms with Crippen LogP contribution in [0.5, 0.6) is 0 Å². The molecule has 136 valence electrons. The lowest BCUT2D eigenvalue weighted by Gasteiger charge is -2.18. The Hall–Kier alpha value is -2.90. The molecule has 0 bridgehead atoms. The van der Waals surface area contributed by atoms with Gasteiger partial charge in [-0.1, -0.05) is 0 Å². The first-order valence-electron chi connectivity index (χ1n) is 8.74. The molecule has 0 saturated heterocycles. The van der Waals surface area contributed by atoms with E-state index in [-0.39, 0.29) is 11.7 Å². The molecule has 8 heteroatoms. The number of aryl methyl sites for hydroxylation is 3. The van der Waals surface area contributed by atoms with Gasteiger partial charge >= 0.3 is 0 Å². The molecule has 0 radical (unpaired) electrons. The number of amides is 1. The van der Waals surface area contributed by atoms with Gasteiger partial charge in [-0.25, -0.2) is 15.0 Å². The van der Waals surface area contributed by atoms with E-state index in [1.165, 1.54) is 12.8 Å². The first-order valence-corrected chi connectivity index (χ1v) is 8.74. The molecule has 1 fully saturated rings. The molecule has 3 heterocycles. The van der Waals surface area contributed by atoms with Crippen LogP contribution in [0.15, 0.2) is 29.2 Å². The highest BCUT2D eigenvalue weighted by Gasteiger charge is 2.29. The van der Waals surface area contributed by atoms with Crippen LogP contribution in [-0.2, 0) is 20.5 Å². The summed E-state index contributed by atoms with van der Waals surface area (Å²) in [6.07, 6.45) is 10.3. The highest BCUT2D eigenvalue weighted by atomic mass is 16.4. The fourth-order valence-corrected chi connectivity index (χ4v) is 3.07. The molecule has 0 unspecified atom stereocenters. The Kier molecular flexibility index (Phi) is 4.10. The molecule has 0 aromatic carbocycles. The molecule has 0 aliphatic heterocycles. The van der Waals surface area contributed by atoms with Crippen molar-refractivity contribution in [3.63, 3.8) is 0 Å². The smallest absolute Gasteiger partial charge is 0.289 e. The van der Waals surface area contributed by atoms with Crippen molar-refractivity contribution < 1.29 is 9.21 Å². The summed E-state index contributed by atoms with van der Waals surface area (Å²) in [4.78, 5) is 26.1. The zero-order chi connectivity index (χ0) is 18.3. The molecule has 0 atom stereocenters. The number of nitrogens with zero attached hydrogens (tertiary/aromatic N) is 5. The first kappa shape index (κ1) is 16.6. The normalized spacial score (nSPS) is 14.2. The Bertz CT molecular complexity index is 893. The van der Waals surface area contributed by atoms with Crippen molar-refractivity contribution in [2.75, 3.05) is 0 Å². The number of rotatable bonds is 6. The molecule has 3 aromatic heterocycles. The second kappa shape index (κ2) is 6.44. The van der Waals surface area contributed by atoms with Crippen molar-refractivity contribution in [1.29, 1.82) is 0 Å². The van der Waals surface area contributed by atoms with Gasteiger partial charge < -0.3 is 18.9 Å². The Balaban J connectivity index is 1.61. The third kappa shape index (κ3) is 3.14. The number of carbonyl (C=O) groups excluding carboxylic acids is 1. The SMILES string of the molecule is Cc1nc(CC2CC2)oc1C(=O)NC(c1nccn1C)c1nccn1C. The third-order valence-electron chi connectivity index (χ3n) is 4.72. The van der Waals surface area contributed by atoms with Crippen molar-refractivity contribution in [1.82, 2.24) is 29.4 Å². The first-order chi connectivity index (χ1) is 12.5. The van der Waals surface area contributed by atoms with Crippen LogP contribution in [0, 0.1) is 12.8 Å². The van der Waals surface area contributed by atoms with Gasteiger partial charge in [-0.2, -0.15) is 0 Å². The van der Waals surface area contributed by atoms with E-state index in [0.29, 0.717) is 29.2 Å². The zero-order valence-corrected chi connectivity index (χ0v) is 15.1. The van der Waals surface area contributed by atoms with Gasteiger partial charge in [-0.05, 0) is 25.7 Å². The maximum Gasteiger partial charge on any atom is 0.289 e. The maximum atomic E-state index is 12.9. The molecule has 1 amide bonds. The summed E-state index contributed by atoms with van der Waals surface area (Å²) >= 11 is 0. The van der Waals surface area contributed by atoms with Crippen LogP contribution in [0.1, 0.15) is 52.7 Å². The molecular formula is C18H22N6O2. The van der Waals surface area contributed by atoms with Crippen molar-refractivity contribution in [3.8, 4) is 0 Å². The van der Waals surface area contributed by atoms with Crippen LogP contribution in [-0.4, -0.2) is 30.0 Å². The molecule has 1 saturated carbocycles. The van der Waals surface area contributed by atoms with E-state index in [1.807, 2.05) is 35.6 Å². The van der Waals surface area contributed by atoms with E-state index in [4.69, 9.17) is 4.42 Å². The molecular weight excluding hydrogens is 332 g/mol. The van der Waals surface area contributed by atoms with Gasteiger partial charge in [0.15, 0.2) is 5.89 Å². The summed E-state index contributed by atoms with van der Waals surface area (Å²) in [6, 6.07) is -0.487. The van der Waals surface area contributed by atoms with Gasteiger partial charge in [0, 0.05) is 45.3 Å². The minimum absolute atomic E-state index is 0.258. The van der Waals surface area contributed by atoms with Crippen LogP contribution in [0.4, 0.5) is 0 Å². The van der Waals surface area contributed by atoms with E-state index >= 15 is 0 Å². The minimum Gasteiger partial charge on any atom is -0.435 e. The molecule has 0 spiro atoms. The Morgan fingerprint density at radius 2 is 1.85 bits per heavy atom. The van der Waals surface area contributed by atoms with Gasteiger partial charge in [-0.15, -0.1) is 0 Å². The Morgan fingerprint density at radius 1 is 1.23 bits per heavy atom. The lowest BCUT2D eigenvalue weighted by atomic mass is 10.2. The van der Waals surface area contributed by atoms with E-state index in [1.54, 1.807) is 19.3 Å². The van der Waals surface area contributed by atoms with Crippen molar-refractivity contribution in [2.45, 2.75) is 32.2 Å². The standard InChI is InChI=1S/C18H22N6O2/c1-11-15(26-13(21-11)10-12-4-5-12)18(25)22-14(16-19-6-8-23(16)2)17-20-7-9-24(17)3/h6-9,12,14H,4-5,10H2,1-3H3,(H,22,25). The number of aromatic nitrogens is 5.